The molecule has 1 aliphatic heterocycles. The molecule has 4 atom stereocenters. The van der Waals surface area contributed by atoms with Crippen LogP contribution in [0, 0.1) is 17.8 Å². The van der Waals surface area contributed by atoms with Crippen LogP contribution in [0.25, 0.3) is 0 Å². The molecule has 6 heteroatoms. The van der Waals surface area contributed by atoms with E-state index in [1.54, 1.807) is 18.2 Å². The summed E-state index contributed by atoms with van der Waals surface area (Å²) >= 11 is 0. The summed E-state index contributed by atoms with van der Waals surface area (Å²) in [5.41, 5.74) is 0. The second-order valence-electron chi connectivity index (χ2n) is 7.42. The molecule has 1 aromatic carbocycles. The Morgan fingerprint density at radius 1 is 1.28 bits per heavy atom. The van der Waals surface area contributed by atoms with Gasteiger partial charge in [0.2, 0.25) is 12.7 Å². The average molecular weight is 347 g/mol. The van der Waals surface area contributed by atoms with Gasteiger partial charge in [0.1, 0.15) is 18.5 Å². The van der Waals surface area contributed by atoms with Crippen molar-refractivity contribution in [3.05, 3.63) is 18.2 Å². The number of ether oxygens (including phenoxy) is 3. The van der Waals surface area contributed by atoms with Crippen LogP contribution >= 0.6 is 0 Å². The van der Waals surface area contributed by atoms with Crippen molar-refractivity contribution in [2.45, 2.75) is 38.2 Å². The highest BCUT2D eigenvalue weighted by atomic mass is 16.7. The molecule has 2 N–H and O–H groups in total. The average Bonchev–Trinajstić information content (AvgIpc) is 3.33. The van der Waals surface area contributed by atoms with Gasteiger partial charge in [-0.2, -0.15) is 0 Å². The van der Waals surface area contributed by atoms with E-state index in [0.29, 0.717) is 29.6 Å². The molecule has 2 bridgehead atoms. The van der Waals surface area contributed by atoms with E-state index in [1.807, 2.05) is 0 Å². The van der Waals surface area contributed by atoms with Crippen LogP contribution in [0.5, 0.6) is 17.2 Å². The summed E-state index contributed by atoms with van der Waals surface area (Å²) in [6.07, 6.45) is 5.00. The van der Waals surface area contributed by atoms with E-state index in [-0.39, 0.29) is 25.9 Å². The van der Waals surface area contributed by atoms with Crippen molar-refractivity contribution < 1.29 is 24.1 Å². The van der Waals surface area contributed by atoms with Crippen LogP contribution in [0.2, 0.25) is 0 Å². The molecule has 3 aliphatic rings. The normalized spacial score (nSPS) is 27.3. The largest absolute Gasteiger partial charge is 0.491 e. The van der Waals surface area contributed by atoms with Crippen molar-refractivity contribution in [3.8, 4) is 17.2 Å². The zero-order valence-electron chi connectivity index (χ0n) is 14.3. The van der Waals surface area contributed by atoms with Gasteiger partial charge in [-0.25, -0.2) is 0 Å². The zero-order chi connectivity index (χ0) is 17.2. The summed E-state index contributed by atoms with van der Waals surface area (Å²) in [6.45, 7) is 0.550. The molecule has 2 saturated carbocycles. The van der Waals surface area contributed by atoms with Gasteiger partial charge in [-0.15, -0.1) is 0 Å². The molecule has 1 aromatic rings. The van der Waals surface area contributed by atoms with Crippen LogP contribution in [0.1, 0.15) is 32.1 Å². The minimum atomic E-state index is -0.741. The number of fused-ring (bicyclic) bond motifs is 3. The van der Waals surface area contributed by atoms with E-state index in [2.05, 4.69) is 5.32 Å². The molecule has 136 valence electrons. The minimum absolute atomic E-state index is 0.0414. The number of carbonyl (C=O) groups is 1. The summed E-state index contributed by atoms with van der Waals surface area (Å²) in [7, 11) is 0. The van der Waals surface area contributed by atoms with Gasteiger partial charge in [-0.05, 0) is 49.1 Å². The van der Waals surface area contributed by atoms with Crippen molar-refractivity contribution in [2.24, 2.45) is 17.8 Å². The number of nitrogens with one attached hydrogen (secondary N) is 1. The fraction of sp³-hybridized carbons (Fsp3) is 0.632. The highest BCUT2D eigenvalue weighted by Crippen LogP contribution is 2.49. The van der Waals surface area contributed by atoms with Crippen LogP contribution in [0.15, 0.2) is 18.2 Å². The lowest BCUT2D eigenvalue weighted by Gasteiger charge is -2.21. The Bertz CT molecular complexity index is 634. The van der Waals surface area contributed by atoms with Crippen LogP contribution in [-0.4, -0.2) is 37.1 Å². The highest BCUT2D eigenvalue weighted by Gasteiger charge is 2.40. The van der Waals surface area contributed by atoms with Crippen LogP contribution < -0.4 is 19.5 Å². The first-order valence-corrected chi connectivity index (χ1v) is 9.14. The smallest absolute Gasteiger partial charge is 0.231 e. The van der Waals surface area contributed by atoms with Gasteiger partial charge >= 0.3 is 0 Å². The molecule has 0 unspecified atom stereocenters. The Hall–Kier alpha value is -1.95. The van der Waals surface area contributed by atoms with Crippen molar-refractivity contribution >= 4 is 5.91 Å². The third-order valence-electron chi connectivity index (χ3n) is 5.65. The molecule has 0 aromatic heterocycles. The summed E-state index contributed by atoms with van der Waals surface area (Å²) in [5, 5.41) is 12.9. The summed E-state index contributed by atoms with van der Waals surface area (Å²) in [4.78, 5) is 12.1. The molecular formula is C19H25NO5. The van der Waals surface area contributed by atoms with Gasteiger partial charge < -0.3 is 24.6 Å². The summed E-state index contributed by atoms with van der Waals surface area (Å²) in [5.74, 6) is 4.13. The third-order valence-corrected chi connectivity index (χ3v) is 5.65. The highest BCUT2D eigenvalue weighted by molar-refractivity contribution is 5.76. The Kier molecular flexibility index (Phi) is 4.70. The number of benzene rings is 1. The van der Waals surface area contributed by atoms with Crippen LogP contribution in [0.3, 0.4) is 0 Å². The standard InChI is InChI=1S/C19H25NO5/c21-15(10-23-16-3-4-17-18(8-16)25-11-24-17)9-20-19(22)7-14-6-12-1-2-13(14)5-12/h3-4,8,12-15,21H,1-2,5-7,9-11H2,(H,20,22)/t12-,13-,14-,15-/m0/s1. The van der Waals surface area contributed by atoms with Crippen molar-refractivity contribution in [1.29, 1.82) is 0 Å². The molecule has 0 saturated heterocycles. The lowest BCUT2D eigenvalue weighted by atomic mass is 9.86. The maximum Gasteiger partial charge on any atom is 0.231 e. The fourth-order valence-corrected chi connectivity index (χ4v) is 4.39. The van der Waals surface area contributed by atoms with Crippen molar-refractivity contribution in [2.75, 3.05) is 19.9 Å². The Balaban J connectivity index is 1.16. The molecular weight excluding hydrogens is 322 g/mol. The first-order chi connectivity index (χ1) is 12.2. The van der Waals surface area contributed by atoms with Crippen LogP contribution in [0.4, 0.5) is 0 Å². The Morgan fingerprint density at radius 3 is 2.96 bits per heavy atom. The number of hydrogen-bond acceptors (Lipinski definition) is 5. The first kappa shape index (κ1) is 16.5. The SMILES string of the molecule is O=C(C[C@@H]1C[C@H]2CC[C@H]1C2)NC[C@H](O)COc1ccc2c(c1)OCO2. The molecule has 2 aliphatic carbocycles. The zero-order valence-corrected chi connectivity index (χ0v) is 14.3. The topological polar surface area (TPSA) is 77.0 Å². The number of aliphatic hydroxyl groups is 1. The van der Waals surface area contributed by atoms with Gasteiger partial charge in [0, 0.05) is 19.0 Å². The number of hydrogen-bond donors (Lipinski definition) is 2. The van der Waals surface area contributed by atoms with E-state index >= 15 is 0 Å². The number of aliphatic hydroxyl groups excluding tert-OH is 1. The second-order valence-corrected chi connectivity index (χ2v) is 7.42. The second kappa shape index (κ2) is 7.12. The van der Waals surface area contributed by atoms with E-state index in [4.69, 9.17) is 14.2 Å². The van der Waals surface area contributed by atoms with E-state index in [9.17, 15) is 9.90 Å². The monoisotopic (exact) mass is 347 g/mol. The van der Waals surface area contributed by atoms with E-state index in [0.717, 1.165) is 11.8 Å². The van der Waals surface area contributed by atoms with Gasteiger partial charge in [0.15, 0.2) is 11.5 Å². The van der Waals surface area contributed by atoms with Crippen molar-refractivity contribution in [3.63, 3.8) is 0 Å². The minimum Gasteiger partial charge on any atom is -0.491 e. The first-order valence-electron chi connectivity index (χ1n) is 9.14. The molecule has 1 heterocycles. The Labute approximate surface area is 147 Å². The predicted octanol–water partition coefficient (Wildman–Crippen LogP) is 2.10. The predicted molar refractivity (Wildman–Crippen MR) is 90.6 cm³/mol. The lowest BCUT2D eigenvalue weighted by Crippen LogP contribution is -2.36. The van der Waals surface area contributed by atoms with E-state index < -0.39 is 6.10 Å². The number of carbonyl (C=O) groups excluding carboxylic acids is 1. The molecule has 0 radical (unpaired) electrons. The maximum atomic E-state index is 12.1. The molecule has 25 heavy (non-hydrogen) atoms. The van der Waals surface area contributed by atoms with Gasteiger partial charge in [0.05, 0.1) is 0 Å². The van der Waals surface area contributed by atoms with Gasteiger partial charge in [-0.3, -0.25) is 4.79 Å². The third kappa shape index (κ3) is 3.84. The molecule has 6 nitrogen and oxygen atoms in total. The summed E-state index contributed by atoms with van der Waals surface area (Å²) in [6, 6.07) is 5.29. The summed E-state index contributed by atoms with van der Waals surface area (Å²) < 4.78 is 16.1. The number of rotatable bonds is 7. The van der Waals surface area contributed by atoms with Crippen molar-refractivity contribution in [1.82, 2.24) is 5.32 Å². The molecule has 0 spiro atoms. The van der Waals surface area contributed by atoms with Gasteiger partial charge in [0.25, 0.3) is 0 Å². The molecule has 4 rings (SSSR count). The maximum absolute atomic E-state index is 12.1. The lowest BCUT2D eigenvalue weighted by molar-refractivity contribution is -0.122. The quantitative estimate of drug-likeness (QED) is 0.790. The Morgan fingerprint density at radius 2 is 2.16 bits per heavy atom. The number of amides is 1. The fourth-order valence-electron chi connectivity index (χ4n) is 4.39. The van der Waals surface area contributed by atoms with Crippen LogP contribution in [-0.2, 0) is 4.79 Å². The van der Waals surface area contributed by atoms with E-state index in [1.165, 1.54) is 25.7 Å². The molecule has 2 fully saturated rings. The molecule has 1 amide bonds. The van der Waals surface area contributed by atoms with Gasteiger partial charge in [-0.1, -0.05) is 6.42 Å².